The lowest BCUT2D eigenvalue weighted by Gasteiger charge is -2.39. The zero-order chi connectivity index (χ0) is 10.5. The molecule has 0 saturated heterocycles. The van der Waals surface area contributed by atoms with E-state index in [1.165, 1.54) is 6.42 Å². The third-order valence-electron chi connectivity index (χ3n) is 3.26. The van der Waals surface area contributed by atoms with E-state index in [2.05, 4.69) is 15.9 Å². The maximum Gasteiger partial charge on any atom is 0.231 e. The van der Waals surface area contributed by atoms with E-state index in [9.17, 15) is 0 Å². The van der Waals surface area contributed by atoms with Crippen LogP contribution in [0.1, 0.15) is 24.8 Å². The Balaban J connectivity index is 2.10. The molecule has 0 radical (unpaired) electrons. The highest BCUT2D eigenvalue weighted by molar-refractivity contribution is 9.10. The van der Waals surface area contributed by atoms with Crippen LogP contribution in [0.2, 0.25) is 0 Å². The van der Waals surface area contributed by atoms with Crippen LogP contribution in [0.3, 0.4) is 0 Å². The summed E-state index contributed by atoms with van der Waals surface area (Å²) < 4.78 is 11.7. The minimum absolute atomic E-state index is 0.167. The van der Waals surface area contributed by atoms with E-state index in [1.807, 2.05) is 12.1 Å². The van der Waals surface area contributed by atoms with Crippen LogP contribution >= 0.6 is 15.9 Å². The van der Waals surface area contributed by atoms with Gasteiger partial charge in [0.2, 0.25) is 6.79 Å². The SMILES string of the molecule is NC1(c2ccc3c(c2Br)OCO3)CCC1. The predicted octanol–water partition coefficient (Wildman–Crippen LogP) is 2.52. The van der Waals surface area contributed by atoms with Crippen LogP contribution in [-0.4, -0.2) is 6.79 Å². The smallest absolute Gasteiger partial charge is 0.231 e. The molecule has 1 heterocycles. The molecule has 4 heteroatoms. The Morgan fingerprint density at radius 3 is 2.73 bits per heavy atom. The normalized spacial score (nSPS) is 21.2. The lowest BCUT2D eigenvalue weighted by molar-refractivity contribution is 0.173. The van der Waals surface area contributed by atoms with Gasteiger partial charge >= 0.3 is 0 Å². The molecule has 0 atom stereocenters. The maximum absolute atomic E-state index is 6.29. The van der Waals surface area contributed by atoms with Crippen LogP contribution in [-0.2, 0) is 5.54 Å². The summed E-state index contributed by atoms with van der Waals surface area (Å²) >= 11 is 3.56. The molecule has 0 aromatic heterocycles. The van der Waals surface area contributed by atoms with Crippen LogP contribution < -0.4 is 15.2 Å². The summed E-state index contributed by atoms with van der Waals surface area (Å²) in [4.78, 5) is 0. The molecule has 1 aliphatic carbocycles. The van der Waals surface area contributed by atoms with Gasteiger partial charge in [-0.05, 0) is 46.8 Å². The van der Waals surface area contributed by atoms with E-state index >= 15 is 0 Å². The summed E-state index contributed by atoms with van der Waals surface area (Å²) in [6.07, 6.45) is 3.30. The van der Waals surface area contributed by atoms with Gasteiger partial charge in [0.1, 0.15) is 0 Å². The van der Waals surface area contributed by atoms with Crippen molar-refractivity contribution < 1.29 is 9.47 Å². The summed E-state index contributed by atoms with van der Waals surface area (Å²) in [6.45, 7) is 0.301. The number of hydrogen-bond acceptors (Lipinski definition) is 3. The van der Waals surface area contributed by atoms with Gasteiger partial charge in [-0.15, -0.1) is 0 Å². The number of rotatable bonds is 1. The number of ether oxygens (including phenoxy) is 2. The fourth-order valence-electron chi connectivity index (χ4n) is 2.15. The molecule has 1 saturated carbocycles. The van der Waals surface area contributed by atoms with Crippen molar-refractivity contribution in [1.29, 1.82) is 0 Å². The van der Waals surface area contributed by atoms with Crippen LogP contribution in [0.5, 0.6) is 11.5 Å². The van der Waals surface area contributed by atoms with Gasteiger partial charge in [-0.2, -0.15) is 0 Å². The van der Waals surface area contributed by atoms with Crippen LogP contribution in [0.4, 0.5) is 0 Å². The second-order valence-corrected chi connectivity index (χ2v) is 4.96. The Morgan fingerprint density at radius 2 is 2.07 bits per heavy atom. The molecule has 0 bridgehead atoms. The summed E-state index contributed by atoms with van der Waals surface area (Å²) in [5.41, 5.74) is 7.26. The van der Waals surface area contributed by atoms with E-state index < -0.39 is 0 Å². The number of benzene rings is 1. The zero-order valence-corrected chi connectivity index (χ0v) is 9.84. The molecule has 3 nitrogen and oxygen atoms in total. The highest BCUT2D eigenvalue weighted by Crippen LogP contribution is 2.48. The molecule has 1 aromatic carbocycles. The van der Waals surface area contributed by atoms with Crippen molar-refractivity contribution >= 4 is 15.9 Å². The molecule has 0 amide bonds. The Morgan fingerprint density at radius 1 is 1.27 bits per heavy atom. The highest BCUT2D eigenvalue weighted by atomic mass is 79.9. The number of nitrogens with two attached hydrogens (primary N) is 1. The van der Waals surface area contributed by atoms with Crippen molar-refractivity contribution in [3.05, 3.63) is 22.2 Å². The second kappa shape index (κ2) is 3.12. The first kappa shape index (κ1) is 9.48. The van der Waals surface area contributed by atoms with Crippen molar-refractivity contribution in [1.82, 2.24) is 0 Å². The van der Waals surface area contributed by atoms with E-state index in [0.717, 1.165) is 34.4 Å². The monoisotopic (exact) mass is 269 g/mol. The number of halogens is 1. The molecular formula is C11H12BrNO2. The molecule has 1 aliphatic heterocycles. The molecule has 80 valence electrons. The molecule has 2 aliphatic rings. The average molecular weight is 270 g/mol. The highest BCUT2D eigenvalue weighted by Gasteiger charge is 2.37. The Labute approximate surface area is 96.7 Å². The van der Waals surface area contributed by atoms with E-state index in [4.69, 9.17) is 15.2 Å². The topological polar surface area (TPSA) is 44.5 Å². The average Bonchev–Trinajstić information content (AvgIpc) is 2.64. The third-order valence-corrected chi connectivity index (χ3v) is 4.05. The largest absolute Gasteiger partial charge is 0.454 e. The Bertz CT molecular complexity index is 415. The number of fused-ring (bicyclic) bond motifs is 1. The maximum atomic E-state index is 6.29. The van der Waals surface area contributed by atoms with E-state index in [0.29, 0.717) is 6.79 Å². The van der Waals surface area contributed by atoms with Gasteiger partial charge in [-0.25, -0.2) is 0 Å². The van der Waals surface area contributed by atoms with Crippen LogP contribution in [0, 0.1) is 0 Å². The van der Waals surface area contributed by atoms with Crippen molar-refractivity contribution in [2.45, 2.75) is 24.8 Å². The lowest BCUT2D eigenvalue weighted by Crippen LogP contribution is -2.43. The van der Waals surface area contributed by atoms with Gasteiger partial charge in [0.15, 0.2) is 11.5 Å². The van der Waals surface area contributed by atoms with Crippen molar-refractivity contribution in [2.75, 3.05) is 6.79 Å². The van der Waals surface area contributed by atoms with Gasteiger partial charge in [0.25, 0.3) is 0 Å². The van der Waals surface area contributed by atoms with Crippen LogP contribution in [0.25, 0.3) is 0 Å². The Hall–Kier alpha value is -0.740. The fraction of sp³-hybridized carbons (Fsp3) is 0.455. The first-order chi connectivity index (χ1) is 7.21. The molecule has 1 aromatic rings. The zero-order valence-electron chi connectivity index (χ0n) is 8.25. The first-order valence-electron chi connectivity index (χ1n) is 5.08. The molecule has 2 N–H and O–H groups in total. The van der Waals surface area contributed by atoms with Gasteiger partial charge in [-0.1, -0.05) is 6.07 Å². The molecule has 0 unspecified atom stereocenters. The van der Waals surface area contributed by atoms with Gasteiger partial charge in [0.05, 0.1) is 4.47 Å². The number of hydrogen-bond donors (Lipinski definition) is 1. The summed E-state index contributed by atoms with van der Waals surface area (Å²) in [6, 6.07) is 3.98. The van der Waals surface area contributed by atoms with Crippen molar-refractivity contribution in [2.24, 2.45) is 5.73 Å². The molecule has 1 fully saturated rings. The molecule has 15 heavy (non-hydrogen) atoms. The third kappa shape index (κ3) is 1.28. The first-order valence-corrected chi connectivity index (χ1v) is 5.87. The van der Waals surface area contributed by atoms with E-state index in [-0.39, 0.29) is 5.54 Å². The fourth-order valence-corrected chi connectivity index (χ4v) is 2.99. The van der Waals surface area contributed by atoms with Gasteiger partial charge in [-0.3, -0.25) is 0 Å². The van der Waals surface area contributed by atoms with E-state index in [1.54, 1.807) is 0 Å². The quantitative estimate of drug-likeness (QED) is 0.852. The summed E-state index contributed by atoms with van der Waals surface area (Å²) in [5.74, 6) is 1.60. The standard InChI is InChI=1S/C11H12BrNO2/c12-9-7(11(13)4-1-5-11)2-3-8-10(9)15-6-14-8/h2-3H,1,4-6,13H2. The minimum atomic E-state index is -0.167. The summed E-state index contributed by atoms with van der Waals surface area (Å²) in [7, 11) is 0. The summed E-state index contributed by atoms with van der Waals surface area (Å²) in [5, 5.41) is 0. The van der Waals surface area contributed by atoms with Crippen molar-refractivity contribution in [3.63, 3.8) is 0 Å². The van der Waals surface area contributed by atoms with Crippen molar-refractivity contribution in [3.8, 4) is 11.5 Å². The second-order valence-electron chi connectivity index (χ2n) is 4.17. The van der Waals surface area contributed by atoms with Crippen LogP contribution in [0.15, 0.2) is 16.6 Å². The predicted molar refractivity (Wildman–Crippen MR) is 60.0 cm³/mol. The molecule has 3 rings (SSSR count). The van der Waals surface area contributed by atoms with Gasteiger partial charge in [0, 0.05) is 5.54 Å². The minimum Gasteiger partial charge on any atom is -0.454 e. The molecule has 0 spiro atoms. The molecular weight excluding hydrogens is 258 g/mol. The lowest BCUT2D eigenvalue weighted by atomic mass is 9.73. The van der Waals surface area contributed by atoms with Gasteiger partial charge < -0.3 is 15.2 Å². The Kier molecular flexibility index (Phi) is 1.97.